The standard InChI is InChI=1S/C12H18N2/c1-10(2)12(13)9-14-8-11-6-4-3-5-7-11/h3-7,9-10,14H,8,13H2,1-2H3/b12-9-. The van der Waals surface area contributed by atoms with Gasteiger partial charge in [-0.3, -0.25) is 0 Å². The maximum Gasteiger partial charge on any atom is 0.0395 e. The molecular formula is C12H18N2. The van der Waals surface area contributed by atoms with Crippen LogP contribution in [0.5, 0.6) is 0 Å². The Hall–Kier alpha value is -1.44. The molecule has 0 saturated heterocycles. The van der Waals surface area contributed by atoms with E-state index in [1.165, 1.54) is 5.56 Å². The highest BCUT2D eigenvalue weighted by atomic mass is 14.8. The van der Waals surface area contributed by atoms with Crippen molar-refractivity contribution in [2.24, 2.45) is 11.7 Å². The molecule has 76 valence electrons. The Bertz CT molecular complexity index is 288. The Morgan fingerprint density at radius 3 is 2.57 bits per heavy atom. The van der Waals surface area contributed by atoms with Crippen molar-refractivity contribution < 1.29 is 0 Å². The molecule has 0 radical (unpaired) electrons. The Morgan fingerprint density at radius 1 is 1.36 bits per heavy atom. The fourth-order valence-electron chi connectivity index (χ4n) is 1.05. The van der Waals surface area contributed by atoms with Crippen molar-refractivity contribution in [2.45, 2.75) is 20.4 Å². The van der Waals surface area contributed by atoms with E-state index in [4.69, 9.17) is 5.73 Å². The highest BCUT2D eigenvalue weighted by Crippen LogP contribution is 2.01. The molecule has 0 bridgehead atoms. The highest BCUT2D eigenvalue weighted by molar-refractivity contribution is 5.14. The molecule has 0 atom stereocenters. The zero-order valence-corrected chi connectivity index (χ0v) is 8.83. The SMILES string of the molecule is CC(C)/C(N)=C/NCc1ccccc1. The van der Waals surface area contributed by atoms with E-state index in [-0.39, 0.29) is 0 Å². The van der Waals surface area contributed by atoms with Gasteiger partial charge in [0.05, 0.1) is 0 Å². The van der Waals surface area contributed by atoms with Gasteiger partial charge in [0.15, 0.2) is 0 Å². The normalized spacial score (nSPS) is 11.8. The molecule has 0 aliphatic carbocycles. The molecule has 0 spiro atoms. The minimum atomic E-state index is 0.401. The maximum atomic E-state index is 5.78. The Morgan fingerprint density at radius 2 is 2.00 bits per heavy atom. The summed E-state index contributed by atoms with van der Waals surface area (Å²) in [5.74, 6) is 0.401. The predicted octanol–water partition coefficient (Wildman–Crippen LogP) is 2.23. The summed E-state index contributed by atoms with van der Waals surface area (Å²) in [5.41, 5.74) is 7.93. The third-order valence-electron chi connectivity index (χ3n) is 2.08. The summed E-state index contributed by atoms with van der Waals surface area (Å²) in [6.07, 6.45) is 1.89. The number of benzene rings is 1. The van der Waals surface area contributed by atoms with Gasteiger partial charge in [-0.25, -0.2) is 0 Å². The number of allylic oxidation sites excluding steroid dienone is 1. The maximum absolute atomic E-state index is 5.78. The van der Waals surface area contributed by atoms with Crippen molar-refractivity contribution in [3.63, 3.8) is 0 Å². The van der Waals surface area contributed by atoms with Crippen molar-refractivity contribution in [1.29, 1.82) is 0 Å². The third-order valence-corrected chi connectivity index (χ3v) is 2.08. The molecule has 0 unspecified atom stereocenters. The Kier molecular flexibility index (Phi) is 4.05. The first-order chi connectivity index (χ1) is 6.70. The lowest BCUT2D eigenvalue weighted by Gasteiger charge is -2.06. The molecular weight excluding hydrogens is 172 g/mol. The summed E-state index contributed by atoms with van der Waals surface area (Å²) in [7, 11) is 0. The minimum Gasteiger partial charge on any atom is -0.401 e. The molecule has 2 nitrogen and oxygen atoms in total. The lowest BCUT2D eigenvalue weighted by Crippen LogP contribution is -2.12. The van der Waals surface area contributed by atoms with E-state index in [1.807, 2.05) is 24.4 Å². The molecule has 3 N–H and O–H groups in total. The predicted molar refractivity (Wildman–Crippen MR) is 60.4 cm³/mol. The number of nitrogens with two attached hydrogens (primary N) is 1. The highest BCUT2D eigenvalue weighted by Gasteiger charge is 1.95. The zero-order chi connectivity index (χ0) is 10.4. The van der Waals surface area contributed by atoms with Crippen LogP contribution in [0.4, 0.5) is 0 Å². The fourth-order valence-corrected chi connectivity index (χ4v) is 1.05. The van der Waals surface area contributed by atoms with Gasteiger partial charge < -0.3 is 11.1 Å². The van der Waals surface area contributed by atoms with Gasteiger partial charge in [0.1, 0.15) is 0 Å². The Balaban J connectivity index is 2.39. The molecule has 2 heteroatoms. The van der Waals surface area contributed by atoms with E-state index in [1.54, 1.807) is 0 Å². The fraction of sp³-hybridized carbons (Fsp3) is 0.333. The van der Waals surface area contributed by atoms with Crippen LogP contribution >= 0.6 is 0 Å². The molecule has 14 heavy (non-hydrogen) atoms. The van der Waals surface area contributed by atoms with Crippen LogP contribution in [0.2, 0.25) is 0 Å². The summed E-state index contributed by atoms with van der Waals surface area (Å²) >= 11 is 0. The molecule has 0 amide bonds. The van der Waals surface area contributed by atoms with Crippen molar-refractivity contribution in [3.8, 4) is 0 Å². The van der Waals surface area contributed by atoms with Gasteiger partial charge in [-0.15, -0.1) is 0 Å². The van der Waals surface area contributed by atoms with Gasteiger partial charge in [-0.1, -0.05) is 44.2 Å². The summed E-state index contributed by atoms with van der Waals surface area (Å²) in [6, 6.07) is 10.3. The molecule has 1 aromatic rings. The second kappa shape index (κ2) is 5.32. The summed E-state index contributed by atoms with van der Waals surface area (Å²) in [4.78, 5) is 0. The van der Waals surface area contributed by atoms with Crippen molar-refractivity contribution in [1.82, 2.24) is 5.32 Å². The van der Waals surface area contributed by atoms with Crippen LogP contribution in [0.25, 0.3) is 0 Å². The average molecular weight is 190 g/mol. The first kappa shape index (κ1) is 10.6. The molecule has 0 aromatic heterocycles. The Labute approximate surface area is 85.8 Å². The largest absolute Gasteiger partial charge is 0.401 e. The summed E-state index contributed by atoms with van der Waals surface area (Å²) < 4.78 is 0. The van der Waals surface area contributed by atoms with Crippen LogP contribution in [-0.2, 0) is 6.54 Å². The van der Waals surface area contributed by atoms with Crippen molar-refractivity contribution >= 4 is 0 Å². The molecule has 1 rings (SSSR count). The number of rotatable bonds is 4. The second-order valence-corrected chi connectivity index (χ2v) is 3.67. The van der Waals surface area contributed by atoms with Gasteiger partial charge in [0.25, 0.3) is 0 Å². The van der Waals surface area contributed by atoms with E-state index in [0.29, 0.717) is 5.92 Å². The lowest BCUT2D eigenvalue weighted by molar-refractivity contribution is 0.732. The van der Waals surface area contributed by atoms with Crippen LogP contribution in [-0.4, -0.2) is 0 Å². The van der Waals surface area contributed by atoms with Crippen molar-refractivity contribution in [3.05, 3.63) is 47.8 Å². The molecule has 0 aliphatic rings. The van der Waals surface area contributed by atoms with E-state index < -0.39 is 0 Å². The number of hydrogen-bond donors (Lipinski definition) is 2. The molecule has 0 heterocycles. The number of nitrogens with one attached hydrogen (secondary N) is 1. The van der Waals surface area contributed by atoms with Crippen molar-refractivity contribution in [2.75, 3.05) is 0 Å². The first-order valence-corrected chi connectivity index (χ1v) is 4.93. The number of hydrogen-bond acceptors (Lipinski definition) is 2. The quantitative estimate of drug-likeness (QED) is 0.764. The molecule has 0 aliphatic heterocycles. The van der Waals surface area contributed by atoms with Crippen LogP contribution in [0, 0.1) is 5.92 Å². The minimum absolute atomic E-state index is 0.401. The van der Waals surface area contributed by atoms with Crippen LogP contribution in [0.1, 0.15) is 19.4 Å². The van der Waals surface area contributed by atoms with Crippen LogP contribution in [0.15, 0.2) is 42.2 Å². The van der Waals surface area contributed by atoms with E-state index in [0.717, 1.165) is 12.2 Å². The first-order valence-electron chi connectivity index (χ1n) is 4.93. The monoisotopic (exact) mass is 190 g/mol. The van der Waals surface area contributed by atoms with Gasteiger partial charge in [0.2, 0.25) is 0 Å². The summed E-state index contributed by atoms with van der Waals surface area (Å²) in [6.45, 7) is 4.99. The topological polar surface area (TPSA) is 38.0 Å². The van der Waals surface area contributed by atoms with E-state index in [9.17, 15) is 0 Å². The zero-order valence-electron chi connectivity index (χ0n) is 8.83. The summed E-state index contributed by atoms with van der Waals surface area (Å²) in [5, 5.41) is 3.20. The van der Waals surface area contributed by atoms with E-state index >= 15 is 0 Å². The van der Waals surface area contributed by atoms with Gasteiger partial charge in [-0.2, -0.15) is 0 Å². The van der Waals surface area contributed by atoms with Gasteiger partial charge >= 0.3 is 0 Å². The average Bonchev–Trinajstić information content (AvgIpc) is 2.19. The van der Waals surface area contributed by atoms with Gasteiger partial charge in [0, 0.05) is 18.4 Å². The molecule has 1 aromatic carbocycles. The molecule has 0 fully saturated rings. The van der Waals surface area contributed by atoms with Crippen LogP contribution in [0.3, 0.4) is 0 Å². The lowest BCUT2D eigenvalue weighted by atomic mass is 10.1. The third kappa shape index (κ3) is 3.52. The molecule has 0 saturated carbocycles. The van der Waals surface area contributed by atoms with Gasteiger partial charge in [-0.05, 0) is 11.5 Å². The van der Waals surface area contributed by atoms with Crippen LogP contribution < -0.4 is 11.1 Å². The smallest absolute Gasteiger partial charge is 0.0395 e. The van der Waals surface area contributed by atoms with E-state index in [2.05, 4.69) is 31.3 Å². The second-order valence-electron chi connectivity index (χ2n) is 3.67.